The Labute approximate surface area is 124 Å². The van der Waals surface area contributed by atoms with E-state index in [1.165, 1.54) is 12.1 Å². The number of rotatable bonds is 7. The molecule has 0 spiro atoms. The minimum atomic E-state index is -0.802. The third-order valence-electron chi connectivity index (χ3n) is 3.35. The molecule has 21 heavy (non-hydrogen) atoms. The molecule has 1 aromatic heterocycles. The molecule has 2 rings (SSSR count). The van der Waals surface area contributed by atoms with Crippen molar-refractivity contribution in [2.45, 2.75) is 32.2 Å². The lowest BCUT2D eigenvalue weighted by molar-refractivity contribution is 0.491. The van der Waals surface area contributed by atoms with E-state index in [1.54, 1.807) is 12.3 Å². The van der Waals surface area contributed by atoms with Crippen molar-refractivity contribution < 1.29 is 8.78 Å². The van der Waals surface area contributed by atoms with Crippen LogP contribution in [0.3, 0.4) is 0 Å². The van der Waals surface area contributed by atoms with Crippen LogP contribution in [0.2, 0.25) is 0 Å². The third-order valence-corrected chi connectivity index (χ3v) is 3.35. The van der Waals surface area contributed by atoms with Gasteiger partial charge in [-0.3, -0.25) is 4.98 Å². The fraction of sp³-hybridized carbons (Fsp3) is 0.353. The normalized spacial score (nSPS) is 12.3. The average molecular weight is 290 g/mol. The highest BCUT2D eigenvalue weighted by Crippen LogP contribution is 2.13. The number of nitrogens with zero attached hydrogens (tertiary/aromatic N) is 1. The Balaban J connectivity index is 2.06. The Morgan fingerprint density at radius 3 is 2.57 bits per heavy atom. The van der Waals surface area contributed by atoms with E-state index in [0.717, 1.165) is 30.5 Å². The van der Waals surface area contributed by atoms with Gasteiger partial charge in [-0.1, -0.05) is 19.1 Å². The van der Waals surface area contributed by atoms with Gasteiger partial charge < -0.3 is 5.32 Å². The Kier molecular flexibility index (Phi) is 5.81. The first-order chi connectivity index (χ1) is 10.2. The van der Waals surface area contributed by atoms with Crippen LogP contribution in [-0.2, 0) is 12.8 Å². The molecule has 1 atom stereocenters. The van der Waals surface area contributed by atoms with Crippen molar-refractivity contribution >= 4 is 0 Å². The molecule has 2 aromatic rings. The summed E-state index contributed by atoms with van der Waals surface area (Å²) in [5, 5.41) is 3.46. The number of aromatic nitrogens is 1. The number of halogens is 2. The van der Waals surface area contributed by atoms with Crippen molar-refractivity contribution in [3.05, 3.63) is 65.5 Å². The zero-order chi connectivity index (χ0) is 15.1. The monoisotopic (exact) mass is 290 g/mol. The van der Waals surface area contributed by atoms with Crippen molar-refractivity contribution in [3.8, 4) is 0 Å². The molecule has 0 fully saturated rings. The van der Waals surface area contributed by atoms with Gasteiger partial charge in [0.15, 0.2) is 11.6 Å². The molecule has 4 heteroatoms. The Morgan fingerprint density at radius 1 is 1.10 bits per heavy atom. The number of nitrogens with one attached hydrogen (secondary N) is 1. The van der Waals surface area contributed by atoms with E-state index in [1.807, 2.05) is 18.3 Å². The predicted octanol–water partition coefficient (Wildman–Crippen LogP) is 3.51. The first kappa shape index (κ1) is 15.6. The summed E-state index contributed by atoms with van der Waals surface area (Å²) in [4.78, 5) is 4.11. The second kappa shape index (κ2) is 7.84. The minimum Gasteiger partial charge on any atom is -0.313 e. The van der Waals surface area contributed by atoms with Crippen molar-refractivity contribution in [2.75, 3.05) is 6.54 Å². The topological polar surface area (TPSA) is 24.9 Å². The van der Waals surface area contributed by atoms with Gasteiger partial charge >= 0.3 is 0 Å². The molecule has 0 aliphatic rings. The maximum atomic E-state index is 13.3. The van der Waals surface area contributed by atoms with Crippen LogP contribution in [0, 0.1) is 11.6 Å². The molecule has 1 heterocycles. The van der Waals surface area contributed by atoms with Gasteiger partial charge in [-0.15, -0.1) is 0 Å². The van der Waals surface area contributed by atoms with Gasteiger partial charge in [-0.05, 0) is 55.1 Å². The standard InChI is InChI=1S/C17H20F2N2/c1-2-7-21-15(10-14-4-3-8-20-12-14)9-13-5-6-16(18)17(19)11-13/h3-6,8,11-12,15,21H,2,7,9-10H2,1H3. The SMILES string of the molecule is CCCNC(Cc1cccnc1)Cc1ccc(F)c(F)c1. The fourth-order valence-corrected chi connectivity index (χ4v) is 2.32. The Bertz CT molecular complexity index is 558. The molecule has 2 nitrogen and oxygen atoms in total. The fourth-order valence-electron chi connectivity index (χ4n) is 2.32. The summed E-state index contributed by atoms with van der Waals surface area (Å²) in [6, 6.07) is 8.22. The molecule has 0 radical (unpaired) electrons. The second-order valence-corrected chi connectivity index (χ2v) is 5.17. The van der Waals surface area contributed by atoms with Crippen LogP contribution in [0.4, 0.5) is 8.78 Å². The van der Waals surface area contributed by atoms with E-state index in [0.29, 0.717) is 6.42 Å². The predicted molar refractivity (Wildman–Crippen MR) is 80.1 cm³/mol. The number of benzene rings is 1. The molecule has 0 aliphatic heterocycles. The highest BCUT2D eigenvalue weighted by Gasteiger charge is 2.12. The molecule has 0 saturated carbocycles. The lowest BCUT2D eigenvalue weighted by atomic mass is 9.99. The van der Waals surface area contributed by atoms with Gasteiger partial charge in [-0.2, -0.15) is 0 Å². The van der Waals surface area contributed by atoms with Crippen LogP contribution in [0.5, 0.6) is 0 Å². The molecule has 0 amide bonds. The molecule has 1 aromatic carbocycles. The van der Waals surface area contributed by atoms with Crippen LogP contribution in [-0.4, -0.2) is 17.6 Å². The van der Waals surface area contributed by atoms with E-state index in [2.05, 4.69) is 17.2 Å². The summed E-state index contributed by atoms with van der Waals surface area (Å²) in [5.41, 5.74) is 1.93. The first-order valence-electron chi connectivity index (χ1n) is 7.25. The van der Waals surface area contributed by atoms with E-state index < -0.39 is 11.6 Å². The van der Waals surface area contributed by atoms with E-state index in [9.17, 15) is 8.78 Å². The first-order valence-corrected chi connectivity index (χ1v) is 7.25. The quantitative estimate of drug-likeness (QED) is 0.844. The van der Waals surface area contributed by atoms with Gasteiger partial charge in [0.2, 0.25) is 0 Å². The maximum absolute atomic E-state index is 13.3. The smallest absolute Gasteiger partial charge is 0.159 e. The summed E-state index contributed by atoms with van der Waals surface area (Å²) >= 11 is 0. The van der Waals surface area contributed by atoms with E-state index >= 15 is 0 Å². The zero-order valence-corrected chi connectivity index (χ0v) is 12.2. The molecular formula is C17H20F2N2. The Morgan fingerprint density at radius 2 is 1.90 bits per heavy atom. The minimum absolute atomic E-state index is 0.180. The van der Waals surface area contributed by atoms with Crippen molar-refractivity contribution in [1.82, 2.24) is 10.3 Å². The molecule has 1 unspecified atom stereocenters. The van der Waals surface area contributed by atoms with Gasteiger partial charge in [0.1, 0.15) is 0 Å². The van der Waals surface area contributed by atoms with Gasteiger partial charge in [0, 0.05) is 18.4 Å². The molecular weight excluding hydrogens is 270 g/mol. The average Bonchev–Trinajstić information content (AvgIpc) is 2.49. The van der Waals surface area contributed by atoms with Crippen molar-refractivity contribution in [3.63, 3.8) is 0 Å². The summed E-state index contributed by atoms with van der Waals surface area (Å²) in [6.07, 6.45) is 6.08. The molecule has 1 N–H and O–H groups in total. The molecule has 0 bridgehead atoms. The summed E-state index contributed by atoms with van der Waals surface area (Å²) in [7, 11) is 0. The summed E-state index contributed by atoms with van der Waals surface area (Å²) in [6.45, 7) is 3.00. The largest absolute Gasteiger partial charge is 0.313 e. The molecule has 0 aliphatic carbocycles. The van der Waals surface area contributed by atoms with E-state index in [-0.39, 0.29) is 6.04 Å². The van der Waals surface area contributed by atoms with E-state index in [4.69, 9.17) is 0 Å². The van der Waals surface area contributed by atoms with Crippen LogP contribution in [0.1, 0.15) is 24.5 Å². The van der Waals surface area contributed by atoms with Gasteiger partial charge in [0.25, 0.3) is 0 Å². The van der Waals surface area contributed by atoms with Crippen molar-refractivity contribution in [2.24, 2.45) is 0 Å². The maximum Gasteiger partial charge on any atom is 0.159 e. The highest BCUT2D eigenvalue weighted by molar-refractivity contribution is 5.20. The second-order valence-electron chi connectivity index (χ2n) is 5.17. The van der Waals surface area contributed by atoms with Gasteiger partial charge in [-0.25, -0.2) is 8.78 Å². The Hall–Kier alpha value is -1.81. The van der Waals surface area contributed by atoms with Crippen LogP contribution >= 0.6 is 0 Å². The number of hydrogen-bond acceptors (Lipinski definition) is 2. The number of hydrogen-bond donors (Lipinski definition) is 1. The van der Waals surface area contributed by atoms with Crippen LogP contribution in [0.25, 0.3) is 0 Å². The van der Waals surface area contributed by atoms with Crippen molar-refractivity contribution in [1.29, 1.82) is 0 Å². The lowest BCUT2D eigenvalue weighted by Crippen LogP contribution is -2.33. The number of pyridine rings is 1. The van der Waals surface area contributed by atoms with Gasteiger partial charge in [0.05, 0.1) is 0 Å². The summed E-state index contributed by atoms with van der Waals surface area (Å²) in [5.74, 6) is -1.59. The molecule has 0 saturated heterocycles. The lowest BCUT2D eigenvalue weighted by Gasteiger charge is -2.19. The highest BCUT2D eigenvalue weighted by atomic mass is 19.2. The molecule has 112 valence electrons. The van der Waals surface area contributed by atoms with Crippen LogP contribution < -0.4 is 5.32 Å². The summed E-state index contributed by atoms with van der Waals surface area (Å²) < 4.78 is 26.3. The van der Waals surface area contributed by atoms with Crippen LogP contribution in [0.15, 0.2) is 42.7 Å². The zero-order valence-electron chi connectivity index (χ0n) is 12.2. The third kappa shape index (κ3) is 4.90.